The van der Waals surface area contributed by atoms with Gasteiger partial charge in [-0.25, -0.2) is 5.84 Å². The summed E-state index contributed by atoms with van der Waals surface area (Å²) in [4.78, 5) is 13.9. The van der Waals surface area contributed by atoms with E-state index in [-0.39, 0.29) is 5.91 Å². The Morgan fingerprint density at radius 3 is 3.11 bits per heavy atom. The van der Waals surface area contributed by atoms with Crippen LogP contribution in [0, 0.1) is 6.92 Å². The molecule has 1 aromatic heterocycles. The van der Waals surface area contributed by atoms with Crippen molar-refractivity contribution < 1.29 is 13.9 Å². The lowest BCUT2D eigenvalue weighted by Gasteiger charge is -2.34. The van der Waals surface area contributed by atoms with Crippen LogP contribution in [-0.4, -0.2) is 36.6 Å². The zero-order chi connectivity index (χ0) is 13.8. The van der Waals surface area contributed by atoms with Gasteiger partial charge in [0.15, 0.2) is 0 Å². The fourth-order valence-electron chi connectivity index (χ4n) is 2.40. The third-order valence-corrected chi connectivity index (χ3v) is 3.52. The van der Waals surface area contributed by atoms with Crippen molar-refractivity contribution in [2.45, 2.75) is 32.9 Å². The molecule has 106 valence electrons. The van der Waals surface area contributed by atoms with Crippen molar-refractivity contribution >= 4 is 5.91 Å². The molecule has 1 unspecified atom stereocenters. The molecule has 1 aromatic rings. The van der Waals surface area contributed by atoms with E-state index in [9.17, 15) is 4.79 Å². The molecule has 0 bridgehead atoms. The summed E-state index contributed by atoms with van der Waals surface area (Å²) < 4.78 is 11.1. The number of nitrogens with one attached hydrogen (secondary N) is 1. The second-order valence-corrected chi connectivity index (χ2v) is 4.76. The number of nitrogens with zero attached hydrogens (tertiary/aromatic N) is 1. The van der Waals surface area contributed by atoms with Gasteiger partial charge >= 0.3 is 0 Å². The molecule has 0 spiro atoms. The Balaban J connectivity index is 2.08. The molecule has 0 aromatic carbocycles. The Morgan fingerprint density at radius 2 is 2.42 bits per heavy atom. The first kappa shape index (κ1) is 14.0. The van der Waals surface area contributed by atoms with Crippen LogP contribution in [0.3, 0.4) is 0 Å². The third kappa shape index (κ3) is 3.15. The summed E-state index contributed by atoms with van der Waals surface area (Å²) >= 11 is 0. The average Bonchev–Trinajstić information content (AvgIpc) is 2.79. The molecule has 2 heterocycles. The first-order chi connectivity index (χ1) is 9.15. The summed E-state index contributed by atoms with van der Waals surface area (Å²) in [7, 11) is 0. The predicted octanol–water partition coefficient (Wildman–Crippen LogP) is 0.802. The Hall–Kier alpha value is -1.37. The van der Waals surface area contributed by atoms with Crippen LogP contribution in [0.5, 0.6) is 0 Å². The minimum atomic E-state index is -0.318. The number of carbonyl (C=O) groups is 1. The van der Waals surface area contributed by atoms with Gasteiger partial charge in [-0.3, -0.25) is 15.1 Å². The van der Waals surface area contributed by atoms with Gasteiger partial charge in [-0.05, 0) is 19.4 Å². The third-order valence-electron chi connectivity index (χ3n) is 3.52. The Bertz CT molecular complexity index is 444. The number of rotatable bonds is 4. The maximum Gasteiger partial charge on any atom is 0.268 e. The molecule has 0 aliphatic carbocycles. The van der Waals surface area contributed by atoms with Crippen molar-refractivity contribution in [3.63, 3.8) is 0 Å². The highest BCUT2D eigenvalue weighted by molar-refractivity contribution is 5.94. The van der Waals surface area contributed by atoms with Gasteiger partial charge in [0.05, 0.1) is 25.3 Å². The van der Waals surface area contributed by atoms with E-state index in [2.05, 4.69) is 17.2 Å². The molecule has 1 fully saturated rings. The minimum absolute atomic E-state index is 0.318. The van der Waals surface area contributed by atoms with Crippen molar-refractivity contribution in [2.24, 2.45) is 5.84 Å². The molecule has 2 rings (SSSR count). The molecule has 3 N–H and O–H groups in total. The van der Waals surface area contributed by atoms with Crippen LogP contribution in [0.25, 0.3) is 0 Å². The zero-order valence-corrected chi connectivity index (χ0v) is 11.4. The second kappa shape index (κ2) is 6.18. The summed E-state index contributed by atoms with van der Waals surface area (Å²) in [5, 5.41) is 0. The minimum Gasteiger partial charge on any atom is -0.464 e. The number of aryl methyl sites for hydroxylation is 1. The number of furan rings is 1. The fraction of sp³-hybridized carbons (Fsp3) is 0.615. The monoisotopic (exact) mass is 267 g/mol. The molecule has 6 nitrogen and oxygen atoms in total. The Morgan fingerprint density at radius 1 is 1.63 bits per heavy atom. The van der Waals surface area contributed by atoms with Crippen molar-refractivity contribution in [1.82, 2.24) is 10.3 Å². The SMILES string of the molecule is CCC1COCCN1Cc1cc(C(=O)NN)c(C)o1. The van der Waals surface area contributed by atoms with Crippen molar-refractivity contribution in [2.75, 3.05) is 19.8 Å². The molecule has 1 aliphatic rings. The normalized spacial score (nSPS) is 20.5. The van der Waals surface area contributed by atoms with Crippen molar-refractivity contribution in [1.29, 1.82) is 0 Å². The van der Waals surface area contributed by atoms with E-state index in [0.29, 0.717) is 23.9 Å². The molecule has 1 atom stereocenters. The first-order valence-corrected chi connectivity index (χ1v) is 6.57. The average molecular weight is 267 g/mol. The number of nitrogen functional groups attached to an aromatic ring is 1. The summed E-state index contributed by atoms with van der Waals surface area (Å²) in [6.45, 7) is 6.99. The van der Waals surface area contributed by atoms with Gasteiger partial charge in [0.25, 0.3) is 5.91 Å². The number of hydrogen-bond donors (Lipinski definition) is 2. The molecule has 6 heteroatoms. The van der Waals surface area contributed by atoms with Gasteiger partial charge in [0.1, 0.15) is 11.5 Å². The molecule has 0 radical (unpaired) electrons. The molecule has 19 heavy (non-hydrogen) atoms. The van der Waals surface area contributed by atoms with E-state index in [1.54, 1.807) is 13.0 Å². The standard InChI is InChI=1S/C13H21N3O3/c1-3-10-8-18-5-4-16(10)7-11-6-12(9(2)19-11)13(17)15-14/h6,10H,3-5,7-8,14H2,1-2H3,(H,15,17). The van der Waals surface area contributed by atoms with Crippen LogP contribution in [0.2, 0.25) is 0 Å². The number of carbonyl (C=O) groups excluding carboxylic acids is 1. The molecule has 0 saturated carbocycles. The van der Waals surface area contributed by atoms with Gasteiger partial charge in [0, 0.05) is 12.6 Å². The van der Waals surface area contributed by atoms with E-state index in [1.165, 1.54) is 0 Å². The molecule has 1 saturated heterocycles. The Labute approximate surface area is 112 Å². The maximum absolute atomic E-state index is 11.5. The van der Waals surface area contributed by atoms with Crippen molar-refractivity contribution in [3.05, 3.63) is 23.2 Å². The van der Waals surface area contributed by atoms with Gasteiger partial charge in [0.2, 0.25) is 0 Å². The first-order valence-electron chi connectivity index (χ1n) is 6.57. The van der Waals surface area contributed by atoms with Crippen LogP contribution in [0.15, 0.2) is 10.5 Å². The lowest BCUT2D eigenvalue weighted by Crippen LogP contribution is -2.44. The van der Waals surface area contributed by atoms with Crippen LogP contribution in [0.1, 0.15) is 35.2 Å². The van der Waals surface area contributed by atoms with Crippen molar-refractivity contribution in [3.8, 4) is 0 Å². The Kier molecular flexibility index (Phi) is 4.57. The van der Waals surface area contributed by atoms with Crippen LogP contribution < -0.4 is 11.3 Å². The lowest BCUT2D eigenvalue weighted by molar-refractivity contribution is -0.0154. The maximum atomic E-state index is 11.5. The van der Waals surface area contributed by atoms with Crippen LogP contribution in [-0.2, 0) is 11.3 Å². The topological polar surface area (TPSA) is 80.7 Å². The molecular formula is C13H21N3O3. The van der Waals surface area contributed by atoms with Gasteiger partial charge < -0.3 is 9.15 Å². The smallest absolute Gasteiger partial charge is 0.268 e. The highest BCUT2D eigenvalue weighted by Crippen LogP contribution is 2.19. The van der Waals surface area contributed by atoms with Gasteiger partial charge in [-0.2, -0.15) is 0 Å². The fourth-order valence-corrected chi connectivity index (χ4v) is 2.40. The predicted molar refractivity (Wildman–Crippen MR) is 70.4 cm³/mol. The summed E-state index contributed by atoms with van der Waals surface area (Å²) in [6, 6.07) is 2.17. The summed E-state index contributed by atoms with van der Waals surface area (Å²) in [6.07, 6.45) is 1.04. The van der Waals surface area contributed by atoms with E-state index in [1.807, 2.05) is 0 Å². The molecular weight excluding hydrogens is 246 g/mol. The van der Waals surface area contributed by atoms with Gasteiger partial charge in [-0.1, -0.05) is 6.92 Å². The number of morpholine rings is 1. The molecule has 1 aliphatic heterocycles. The van der Waals surface area contributed by atoms with E-state index >= 15 is 0 Å². The largest absolute Gasteiger partial charge is 0.464 e. The number of hydrogen-bond acceptors (Lipinski definition) is 5. The highest BCUT2D eigenvalue weighted by Gasteiger charge is 2.23. The van der Waals surface area contributed by atoms with Crippen LogP contribution in [0.4, 0.5) is 0 Å². The summed E-state index contributed by atoms with van der Waals surface area (Å²) in [5.74, 6) is 6.21. The molecule has 1 amide bonds. The van der Waals surface area contributed by atoms with E-state index in [4.69, 9.17) is 15.0 Å². The van der Waals surface area contributed by atoms with Crippen LogP contribution >= 0.6 is 0 Å². The number of amides is 1. The van der Waals surface area contributed by atoms with E-state index in [0.717, 1.165) is 31.9 Å². The number of ether oxygens (including phenoxy) is 1. The number of hydrazine groups is 1. The zero-order valence-electron chi connectivity index (χ0n) is 11.4. The highest BCUT2D eigenvalue weighted by atomic mass is 16.5. The summed E-state index contributed by atoms with van der Waals surface area (Å²) in [5.41, 5.74) is 2.63. The number of nitrogens with two attached hydrogens (primary N) is 1. The van der Waals surface area contributed by atoms with E-state index < -0.39 is 0 Å². The second-order valence-electron chi connectivity index (χ2n) is 4.76. The lowest BCUT2D eigenvalue weighted by atomic mass is 10.1. The van der Waals surface area contributed by atoms with Gasteiger partial charge in [-0.15, -0.1) is 0 Å². The quantitative estimate of drug-likeness (QED) is 0.479.